The first kappa shape index (κ1) is 19.6. The van der Waals surface area contributed by atoms with Gasteiger partial charge in [0.05, 0.1) is 0 Å². The van der Waals surface area contributed by atoms with Gasteiger partial charge >= 0.3 is 5.69 Å². The van der Waals surface area contributed by atoms with Crippen LogP contribution in [0.25, 0.3) is 11.0 Å². The lowest BCUT2D eigenvalue weighted by Crippen LogP contribution is -2.37. The first-order valence-electron chi connectivity index (χ1n) is 8.62. The number of aryl methyl sites for hydroxylation is 1. The predicted molar refractivity (Wildman–Crippen MR) is 110 cm³/mol. The SMILES string of the molecule is CC(C)Cc1nc(SCc2ccccc2Cl)c2c(=O)n(C)c(=O)n(C)c2n1. The predicted octanol–water partition coefficient (Wildman–Crippen LogP) is 3.17. The van der Waals surface area contributed by atoms with E-state index in [1.165, 1.54) is 23.4 Å². The van der Waals surface area contributed by atoms with Crippen LogP contribution in [-0.4, -0.2) is 19.1 Å². The molecule has 0 unspecified atom stereocenters. The van der Waals surface area contributed by atoms with Crippen LogP contribution in [0.2, 0.25) is 5.02 Å². The van der Waals surface area contributed by atoms with Gasteiger partial charge in [0.1, 0.15) is 16.2 Å². The van der Waals surface area contributed by atoms with Crippen LogP contribution in [0.4, 0.5) is 0 Å². The molecule has 0 atom stereocenters. The third kappa shape index (κ3) is 3.94. The third-order valence-electron chi connectivity index (χ3n) is 4.23. The fourth-order valence-electron chi connectivity index (χ4n) is 2.79. The molecule has 0 aliphatic carbocycles. The summed E-state index contributed by atoms with van der Waals surface area (Å²) in [6, 6.07) is 7.58. The van der Waals surface area contributed by atoms with Gasteiger partial charge in [-0.05, 0) is 17.5 Å². The van der Waals surface area contributed by atoms with Crippen LogP contribution in [-0.2, 0) is 26.3 Å². The Bertz CT molecular complexity index is 1120. The minimum atomic E-state index is -0.399. The Labute approximate surface area is 166 Å². The van der Waals surface area contributed by atoms with Crippen molar-refractivity contribution in [2.75, 3.05) is 0 Å². The number of aromatic nitrogens is 4. The molecule has 0 aliphatic rings. The molecule has 0 radical (unpaired) electrons. The summed E-state index contributed by atoms with van der Waals surface area (Å²) in [5, 5.41) is 1.61. The molecule has 8 heteroatoms. The van der Waals surface area contributed by atoms with Crippen molar-refractivity contribution in [3.8, 4) is 0 Å². The van der Waals surface area contributed by atoms with E-state index >= 15 is 0 Å². The van der Waals surface area contributed by atoms with Gasteiger partial charge in [0.2, 0.25) is 0 Å². The average molecular weight is 405 g/mol. The number of halogens is 1. The lowest BCUT2D eigenvalue weighted by Gasteiger charge is -2.13. The maximum Gasteiger partial charge on any atom is 0.332 e. The first-order valence-corrected chi connectivity index (χ1v) is 9.98. The van der Waals surface area contributed by atoms with E-state index in [1.54, 1.807) is 7.05 Å². The summed E-state index contributed by atoms with van der Waals surface area (Å²) in [7, 11) is 3.09. The molecule has 27 heavy (non-hydrogen) atoms. The number of hydrogen-bond acceptors (Lipinski definition) is 5. The molecule has 0 amide bonds. The van der Waals surface area contributed by atoms with Gasteiger partial charge in [0, 0.05) is 31.3 Å². The number of fused-ring (bicyclic) bond motifs is 1. The highest BCUT2D eigenvalue weighted by molar-refractivity contribution is 7.98. The van der Waals surface area contributed by atoms with E-state index in [2.05, 4.69) is 23.8 Å². The second-order valence-corrected chi connectivity index (χ2v) is 8.20. The molecular formula is C19H21ClN4O2S. The Balaban J connectivity index is 2.18. The van der Waals surface area contributed by atoms with E-state index in [0.29, 0.717) is 45.0 Å². The van der Waals surface area contributed by atoms with Crippen molar-refractivity contribution in [3.05, 3.63) is 61.5 Å². The Morgan fingerprint density at radius 1 is 1.11 bits per heavy atom. The minimum Gasteiger partial charge on any atom is -0.280 e. The normalized spacial score (nSPS) is 11.5. The van der Waals surface area contributed by atoms with Gasteiger partial charge in [0.15, 0.2) is 5.65 Å². The number of nitrogens with zero attached hydrogens (tertiary/aromatic N) is 4. The van der Waals surface area contributed by atoms with Crippen molar-refractivity contribution >= 4 is 34.4 Å². The maximum atomic E-state index is 12.8. The molecule has 0 spiro atoms. The van der Waals surface area contributed by atoms with E-state index < -0.39 is 5.69 Å². The van der Waals surface area contributed by atoms with Gasteiger partial charge in [-0.3, -0.25) is 13.9 Å². The maximum absolute atomic E-state index is 12.8. The van der Waals surface area contributed by atoms with Gasteiger partial charge in [-0.25, -0.2) is 14.8 Å². The molecule has 0 N–H and O–H groups in total. The second kappa shape index (κ2) is 7.86. The Hall–Kier alpha value is -2.12. The summed E-state index contributed by atoms with van der Waals surface area (Å²) in [5.41, 5.74) is 0.549. The highest BCUT2D eigenvalue weighted by atomic mass is 35.5. The van der Waals surface area contributed by atoms with Crippen molar-refractivity contribution in [2.24, 2.45) is 20.0 Å². The van der Waals surface area contributed by atoms with Gasteiger partial charge in [-0.15, -0.1) is 11.8 Å². The van der Waals surface area contributed by atoms with E-state index in [0.717, 1.165) is 10.1 Å². The lowest BCUT2D eigenvalue weighted by molar-refractivity contribution is 0.613. The zero-order valence-corrected chi connectivity index (χ0v) is 17.3. The summed E-state index contributed by atoms with van der Waals surface area (Å²) in [5.74, 6) is 1.55. The largest absolute Gasteiger partial charge is 0.332 e. The fraction of sp³-hybridized carbons (Fsp3) is 0.368. The van der Waals surface area contributed by atoms with Gasteiger partial charge in [-0.1, -0.05) is 43.6 Å². The summed E-state index contributed by atoms with van der Waals surface area (Å²) >= 11 is 7.69. The first-order chi connectivity index (χ1) is 12.8. The van der Waals surface area contributed by atoms with Crippen LogP contribution >= 0.6 is 23.4 Å². The summed E-state index contributed by atoms with van der Waals surface area (Å²) in [4.78, 5) is 34.2. The van der Waals surface area contributed by atoms with Gasteiger partial charge in [0.25, 0.3) is 5.56 Å². The van der Waals surface area contributed by atoms with E-state index in [-0.39, 0.29) is 5.56 Å². The molecule has 2 heterocycles. The van der Waals surface area contributed by atoms with Crippen molar-refractivity contribution in [3.63, 3.8) is 0 Å². The molecule has 0 saturated carbocycles. The van der Waals surface area contributed by atoms with Crippen LogP contribution in [0.15, 0.2) is 38.9 Å². The lowest BCUT2D eigenvalue weighted by atomic mass is 10.1. The Morgan fingerprint density at radius 3 is 2.48 bits per heavy atom. The zero-order valence-electron chi connectivity index (χ0n) is 15.7. The summed E-state index contributed by atoms with van der Waals surface area (Å²) < 4.78 is 2.50. The van der Waals surface area contributed by atoms with Crippen LogP contribution in [0, 0.1) is 5.92 Å². The number of benzene rings is 1. The van der Waals surface area contributed by atoms with Crippen molar-refractivity contribution < 1.29 is 0 Å². The number of rotatable bonds is 5. The topological polar surface area (TPSA) is 69.8 Å². The third-order valence-corrected chi connectivity index (χ3v) is 5.62. The summed E-state index contributed by atoms with van der Waals surface area (Å²) in [6.07, 6.45) is 0.666. The zero-order chi connectivity index (χ0) is 19.7. The van der Waals surface area contributed by atoms with Crippen LogP contribution in [0.3, 0.4) is 0 Å². The van der Waals surface area contributed by atoms with E-state index in [9.17, 15) is 9.59 Å². The molecule has 1 aromatic carbocycles. The Kier molecular flexibility index (Phi) is 5.72. The van der Waals surface area contributed by atoms with Crippen LogP contribution in [0.5, 0.6) is 0 Å². The van der Waals surface area contributed by atoms with Gasteiger partial charge in [-0.2, -0.15) is 0 Å². The molecule has 0 saturated heterocycles. The standard InChI is InChI=1S/C19H21ClN4O2S/c1-11(2)9-14-21-16-15(18(25)24(4)19(26)23(16)3)17(22-14)27-10-12-7-5-6-8-13(12)20/h5-8,11H,9-10H2,1-4H3. The quantitative estimate of drug-likeness (QED) is 0.482. The van der Waals surface area contributed by atoms with Crippen molar-refractivity contribution in [1.29, 1.82) is 0 Å². The molecule has 0 aliphatic heterocycles. The molecule has 0 bridgehead atoms. The minimum absolute atomic E-state index is 0.354. The van der Waals surface area contributed by atoms with Gasteiger partial charge < -0.3 is 0 Å². The van der Waals surface area contributed by atoms with E-state index in [4.69, 9.17) is 11.6 Å². The van der Waals surface area contributed by atoms with Crippen molar-refractivity contribution in [1.82, 2.24) is 19.1 Å². The molecule has 0 fully saturated rings. The summed E-state index contributed by atoms with van der Waals surface area (Å²) in [6.45, 7) is 4.15. The molecule has 142 valence electrons. The van der Waals surface area contributed by atoms with Crippen molar-refractivity contribution in [2.45, 2.75) is 31.0 Å². The number of thioether (sulfide) groups is 1. The highest BCUT2D eigenvalue weighted by Crippen LogP contribution is 2.28. The van der Waals surface area contributed by atoms with E-state index in [1.807, 2.05) is 24.3 Å². The molecular weight excluding hydrogens is 384 g/mol. The monoisotopic (exact) mass is 404 g/mol. The molecule has 2 aromatic heterocycles. The van der Waals surface area contributed by atoms with Crippen LogP contribution < -0.4 is 11.2 Å². The average Bonchev–Trinajstić information content (AvgIpc) is 2.63. The molecule has 3 rings (SSSR count). The smallest absolute Gasteiger partial charge is 0.280 e. The number of hydrogen-bond donors (Lipinski definition) is 0. The second-order valence-electron chi connectivity index (χ2n) is 6.83. The molecule has 3 aromatic rings. The fourth-order valence-corrected chi connectivity index (χ4v) is 4.11. The Morgan fingerprint density at radius 2 is 1.81 bits per heavy atom. The highest BCUT2D eigenvalue weighted by Gasteiger charge is 2.18. The molecule has 6 nitrogen and oxygen atoms in total. The van der Waals surface area contributed by atoms with Crippen LogP contribution in [0.1, 0.15) is 25.2 Å².